The molecule has 2 aliphatic rings. The fourth-order valence-corrected chi connectivity index (χ4v) is 3.65. The van der Waals surface area contributed by atoms with Crippen LogP contribution in [0.5, 0.6) is 0 Å². The third kappa shape index (κ3) is 3.28. The average molecular weight is 244 g/mol. The van der Waals surface area contributed by atoms with E-state index in [1.54, 1.807) is 6.26 Å². The first-order chi connectivity index (χ1) is 7.70. The zero-order valence-corrected chi connectivity index (χ0v) is 11.2. The van der Waals surface area contributed by atoms with Crippen molar-refractivity contribution in [3.63, 3.8) is 0 Å². The molecule has 0 bridgehead atoms. The Bertz CT molecular complexity index is 251. The Hall–Kier alpha value is 0.0700. The summed E-state index contributed by atoms with van der Waals surface area (Å²) < 4.78 is 11.0. The van der Waals surface area contributed by atoms with Gasteiger partial charge in [-0.15, -0.1) is 0 Å². The lowest BCUT2D eigenvalue weighted by Crippen LogP contribution is -2.59. The van der Waals surface area contributed by atoms with Crippen LogP contribution in [0.15, 0.2) is 0 Å². The van der Waals surface area contributed by atoms with Gasteiger partial charge in [0.15, 0.2) is 0 Å². The maximum absolute atomic E-state index is 11.0. The number of rotatable bonds is 4. The Morgan fingerprint density at radius 2 is 2.12 bits per heavy atom. The zero-order chi connectivity index (χ0) is 11.4. The molecule has 1 saturated heterocycles. The first-order valence-electron chi connectivity index (χ1n) is 6.48. The van der Waals surface area contributed by atoms with Crippen LogP contribution in [-0.2, 0) is 10.8 Å². The lowest BCUT2D eigenvalue weighted by molar-refractivity contribution is 0.135. The summed E-state index contributed by atoms with van der Waals surface area (Å²) in [5, 5.41) is 3.72. The summed E-state index contributed by atoms with van der Waals surface area (Å²) in [5.41, 5.74) is 0.434. The molecular formula is C12H24N2OS. The third-order valence-electron chi connectivity index (χ3n) is 3.92. The molecule has 0 amide bonds. The first-order valence-corrected chi connectivity index (χ1v) is 8.20. The van der Waals surface area contributed by atoms with Crippen molar-refractivity contribution in [2.45, 2.75) is 37.6 Å². The van der Waals surface area contributed by atoms with Gasteiger partial charge in [-0.05, 0) is 25.8 Å². The standard InChI is InChI=1S/C12H24N2OS/c1-16(15)10-4-8-14-9-7-13-12(11-14)5-2-3-6-12/h13H,2-11H2,1H3. The summed E-state index contributed by atoms with van der Waals surface area (Å²) >= 11 is 0. The van der Waals surface area contributed by atoms with Gasteiger partial charge in [0.1, 0.15) is 0 Å². The molecule has 1 aliphatic carbocycles. The van der Waals surface area contributed by atoms with Gasteiger partial charge in [-0.2, -0.15) is 0 Å². The SMILES string of the molecule is CS(=O)CCCN1CCNC2(CCCC2)C1. The molecule has 4 heteroatoms. The number of hydrogen-bond acceptors (Lipinski definition) is 3. The van der Waals surface area contributed by atoms with Crippen molar-refractivity contribution in [1.29, 1.82) is 0 Å². The second-order valence-corrected chi connectivity index (χ2v) is 6.88. The second-order valence-electron chi connectivity index (χ2n) is 5.32. The van der Waals surface area contributed by atoms with E-state index in [1.807, 2.05) is 0 Å². The lowest BCUT2D eigenvalue weighted by atomic mass is 9.94. The molecule has 2 rings (SSSR count). The van der Waals surface area contributed by atoms with E-state index in [1.165, 1.54) is 32.2 Å². The van der Waals surface area contributed by atoms with Crippen molar-refractivity contribution < 1.29 is 4.21 Å². The average Bonchev–Trinajstić information content (AvgIpc) is 2.66. The quantitative estimate of drug-likeness (QED) is 0.800. The molecule has 0 radical (unpaired) electrons. The van der Waals surface area contributed by atoms with Gasteiger partial charge in [0.25, 0.3) is 0 Å². The van der Waals surface area contributed by atoms with Crippen LogP contribution in [0, 0.1) is 0 Å². The zero-order valence-electron chi connectivity index (χ0n) is 10.3. The van der Waals surface area contributed by atoms with Gasteiger partial charge in [0, 0.05) is 48.0 Å². The summed E-state index contributed by atoms with van der Waals surface area (Å²) in [5.74, 6) is 0.858. The highest BCUT2D eigenvalue weighted by atomic mass is 32.2. The smallest absolute Gasteiger partial charge is 0.0309 e. The van der Waals surface area contributed by atoms with Crippen molar-refractivity contribution in [3.8, 4) is 0 Å². The first kappa shape index (κ1) is 12.5. The van der Waals surface area contributed by atoms with Crippen molar-refractivity contribution in [3.05, 3.63) is 0 Å². The minimum atomic E-state index is -0.623. The fourth-order valence-electron chi connectivity index (χ4n) is 3.11. The van der Waals surface area contributed by atoms with Crippen LogP contribution in [0.1, 0.15) is 32.1 Å². The molecule has 1 aliphatic heterocycles. The predicted octanol–water partition coefficient (Wildman–Crippen LogP) is 0.973. The molecule has 1 atom stereocenters. The topological polar surface area (TPSA) is 32.3 Å². The highest BCUT2D eigenvalue weighted by Crippen LogP contribution is 2.31. The van der Waals surface area contributed by atoms with E-state index in [0.717, 1.165) is 31.8 Å². The number of nitrogens with one attached hydrogen (secondary N) is 1. The van der Waals surface area contributed by atoms with E-state index < -0.39 is 10.8 Å². The predicted molar refractivity (Wildman–Crippen MR) is 69.2 cm³/mol. The number of piperazine rings is 1. The Morgan fingerprint density at radius 1 is 1.38 bits per heavy atom. The van der Waals surface area contributed by atoms with Gasteiger partial charge in [-0.3, -0.25) is 4.21 Å². The number of nitrogens with zero attached hydrogens (tertiary/aromatic N) is 1. The van der Waals surface area contributed by atoms with Crippen molar-refractivity contribution in [2.24, 2.45) is 0 Å². The van der Waals surface area contributed by atoms with Crippen LogP contribution >= 0.6 is 0 Å². The van der Waals surface area contributed by atoms with Crippen molar-refractivity contribution >= 4 is 10.8 Å². The van der Waals surface area contributed by atoms with Crippen LogP contribution in [-0.4, -0.2) is 52.8 Å². The fraction of sp³-hybridized carbons (Fsp3) is 1.00. The molecular weight excluding hydrogens is 220 g/mol. The second kappa shape index (κ2) is 5.61. The largest absolute Gasteiger partial charge is 0.309 e. The molecule has 0 aromatic heterocycles. The summed E-state index contributed by atoms with van der Waals surface area (Å²) in [4.78, 5) is 2.56. The lowest BCUT2D eigenvalue weighted by Gasteiger charge is -2.41. The van der Waals surface area contributed by atoms with Gasteiger partial charge in [0.2, 0.25) is 0 Å². The highest BCUT2D eigenvalue weighted by molar-refractivity contribution is 7.84. The van der Waals surface area contributed by atoms with E-state index in [-0.39, 0.29) is 0 Å². The summed E-state index contributed by atoms with van der Waals surface area (Å²) in [6.45, 7) is 4.64. The molecule has 94 valence electrons. The molecule has 0 aromatic carbocycles. The molecule has 1 spiro atoms. The summed E-state index contributed by atoms with van der Waals surface area (Å²) in [6.07, 6.45) is 8.36. The molecule has 16 heavy (non-hydrogen) atoms. The van der Waals surface area contributed by atoms with Gasteiger partial charge in [-0.25, -0.2) is 0 Å². The van der Waals surface area contributed by atoms with Gasteiger partial charge >= 0.3 is 0 Å². The normalized spacial score (nSPS) is 27.3. The van der Waals surface area contributed by atoms with Crippen LogP contribution < -0.4 is 5.32 Å². The molecule has 1 heterocycles. The Balaban J connectivity index is 1.76. The van der Waals surface area contributed by atoms with Crippen molar-refractivity contribution in [2.75, 3.05) is 38.2 Å². The maximum atomic E-state index is 11.0. The molecule has 3 nitrogen and oxygen atoms in total. The molecule has 2 fully saturated rings. The van der Waals surface area contributed by atoms with Crippen LogP contribution in [0.2, 0.25) is 0 Å². The van der Waals surface area contributed by atoms with E-state index >= 15 is 0 Å². The Morgan fingerprint density at radius 3 is 2.81 bits per heavy atom. The van der Waals surface area contributed by atoms with Gasteiger partial charge in [-0.1, -0.05) is 12.8 Å². The molecule has 1 saturated carbocycles. The van der Waals surface area contributed by atoms with E-state index in [9.17, 15) is 4.21 Å². The maximum Gasteiger partial charge on any atom is 0.0309 e. The molecule has 1 unspecified atom stereocenters. The minimum absolute atomic E-state index is 0.434. The van der Waals surface area contributed by atoms with Crippen LogP contribution in [0.25, 0.3) is 0 Å². The van der Waals surface area contributed by atoms with Crippen molar-refractivity contribution in [1.82, 2.24) is 10.2 Å². The monoisotopic (exact) mass is 244 g/mol. The Labute approximate surface area is 101 Å². The summed E-state index contributed by atoms with van der Waals surface area (Å²) in [6, 6.07) is 0. The molecule has 1 N–H and O–H groups in total. The Kier molecular flexibility index (Phi) is 4.39. The highest BCUT2D eigenvalue weighted by Gasteiger charge is 2.37. The van der Waals surface area contributed by atoms with E-state index in [4.69, 9.17) is 0 Å². The van der Waals surface area contributed by atoms with Gasteiger partial charge in [0.05, 0.1) is 0 Å². The minimum Gasteiger partial charge on any atom is -0.309 e. The summed E-state index contributed by atoms with van der Waals surface area (Å²) in [7, 11) is -0.623. The van der Waals surface area contributed by atoms with Crippen LogP contribution in [0.4, 0.5) is 0 Å². The van der Waals surface area contributed by atoms with E-state index in [2.05, 4.69) is 10.2 Å². The van der Waals surface area contributed by atoms with Crippen LogP contribution in [0.3, 0.4) is 0 Å². The van der Waals surface area contributed by atoms with E-state index in [0.29, 0.717) is 5.54 Å². The third-order valence-corrected chi connectivity index (χ3v) is 4.78. The number of hydrogen-bond donors (Lipinski definition) is 1. The molecule has 0 aromatic rings. The van der Waals surface area contributed by atoms with Gasteiger partial charge < -0.3 is 10.2 Å².